The molecule has 1 aromatic rings. The summed E-state index contributed by atoms with van der Waals surface area (Å²) >= 11 is 5.93. The van der Waals surface area contributed by atoms with Crippen molar-refractivity contribution < 1.29 is 4.21 Å². The quantitative estimate of drug-likeness (QED) is 0.895. The minimum Gasteiger partial charge on any atom is -0.383 e. The first-order chi connectivity index (χ1) is 8.02. The average Bonchev–Trinajstić information content (AvgIpc) is 2.26. The zero-order valence-corrected chi connectivity index (χ0v) is 11.4. The van der Waals surface area contributed by atoms with Gasteiger partial charge in [0.1, 0.15) is 6.07 Å². The standard InChI is InChI=1S/C12H15ClN2OS/c1-9(5-6-17(2)16)15-11-4-3-10(8-14)12(13)7-11/h3-4,7,9,15H,5-6H2,1-2H3. The number of hydrogen-bond donors (Lipinski definition) is 1. The molecule has 0 aliphatic rings. The van der Waals surface area contributed by atoms with E-state index < -0.39 is 10.8 Å². The first kappa shape index (κ1) is 14.0. The molecular formula is C12H15ClN2OS. The van der Waals surface area contributed by atoms with E-state index in [0.29, 0.717) is 16.3 Å². The Morgan fingerprint density at radius 2 is 2.29 bits per heavy atom. The minimum atomic E-state index is -0.763. The molecule has 0 aromatic heterocycles. The van der Waals surface area contributed by atoms with Crippen molar-refractivity contribution in [3.63, 3.8) is 0 Å². The van der Waals surface area contributed by atoms with Gasteiger partial charge in [-0.1, -0.05) is 11.6 Å². The first-order valence-electron chi connectivity index (χ1n) is 5.29. The summed E-state index contributed by atoms with van der Waals surface area (Å²) in [6.07, 6.45) is 2.53. The highest BCUT2D eigenvalue weighted by Crippen LogP contribution is 2.21. The van der Waals surface area contributed by atoms with Gasteiger partial charge in [-0.2, -0.15) is 5.26 Å². The van der Waals surface area contributed by atoms with E-state index in [-0.39, 0.29) is 6.04 Å². The van der Waals surface area contributed by atoms with Gasteiger partial charge in [0.15, 0.2) is 0 Å². The van der Waals surface area contributed by atoms with Crippen molar-refractivity contribution in [3.8, 4) is 6.07 Å². The molecule has 0 spiro atoms. The van der Waals surface area contributed by atoms with Crippen LogP contribution in [0.5, 0.6) is 0 Å². The van der Waals surface area contributed by atoms with Crippen LogP contribution in [0, 0.1) is 11.3 Å². The Labute approximate surface area is 109 Å². The summed E-state index contributed by atoms with van der Waals surface area (Å²) in [6, 6.07) is 7.49. The predicted molar refractivity (Wildman–Crippen MR) is 72.8 cm³/mol. The normalized spacial score (nSPS) is 13.8. The fourth-order valence-electron chi connectivity index (χ4n) is 1.39. The molecule has 0 saturated heterocycles. The van der Waals surface area contributed by atoms with E-state index in [4.69, 9.17) is 16.9 Å². The summed E-state index contributed by atoms with van der Waals surface area (Å²) in [6.45, 7) is 2.03. The molecule has 0 aliphatic carbocycles. The molecule has 3 nitrogen and oxygen atoms in total. The Morgan fingerprint density at radius 3 is 2.82 bits per heavy atom. The second kappa shape index (κ2) is 6.63. The van der Waals surface area contributed by atoms with Gasteiger partial charge in [0.2, 0.25) is 0 Å². The van der Waals surface area contributed by atoms with Crippen LogP contribution in [0.3, 0.4) is 0 Å². The highest BCUT2D eigenvalue weighted by Gasteiger charge is 2.05. The van der Waals surface area contributed by atoms with E-state index >= 15 is 0 Å². The van der Waals surface area contributed by atoms with Gasteiger partial charge < -0.3 is 5.32 Å². The van der Waals surface area contributed by atoms with E-state index in [9.17, 15) is 4.21 Å². The van der Waals surface area contributed by atoms with E-state index in [1.165, 1.54) is 0 Å². The maximum absolute atomic E-state index is 11.0. The van der Waals surface area contributed by atoms with Crippen LogP contribution in [-0.2, 0) is 10.8 Å². The topological polar surface area (TPSA) is 52.9 Å². The molecule has 92 valence electrons. The van der Waals surface area contributed by atoms with Crippen molar-refractivity contribution in [1.29, 1.82) is 5.26 Å². The molecule has 0 amide bonds. The first-order valence-corrected chi connectivity index (χ1v) is 7.39. The maximum atomic E-state index is 11.0. The number of hydrogen-bond acceptors (Lipinski definition) is 3. The average molecular weight is 271 g/mol. The minimum absolute atomic E-state index is 0.225. The van der Waals surface area contributed by atoms with Crippen LogP contribution < -0.4 is 5.32 Å². The van der Waals surface area contributed by atoms with Crippen LogP contribution in [0.25, 0.3) is 0 Å². The molecule has 0 aliphatic heterocycles. The van der Waals surface area contributed by atoms with Crippen molar-refractivity contribution in [2.75, 3.05) is 17.3 Å². The number of halogens is 1. The smallest absolute Gasteiger partial charge is 0.101 e. The number of anilines is 1. The third-order valence-corrected chi connectivity index (χ3v) is 3.46. The van der Waals surface area contributed by atoms with E-state index in [0.717, 1.165) is 12.1 Å². The van der Waals surface area contributed by atoms with Gasteiger partial charge in [-0.05, 0) is 31.5 Å². The molecule has 1 aromatic carbocycles. The molecule has 0 radical (unpaired) electrons. The summed E-state index contributed by atoms with van der Waals surface area (Å²) in [7, 11) is -0.763. The van der Waals surface area contributed by atoms with Crippen LogP contribution in [-0.4, -0.2) is 22.3 Å². The second-order valence-electron chi connectivity index (χ2n) is 3.92. The monoisotopic (exact) mass is 270 g/mol. The van der Waals surface area contributed by atoms with Gasteiger partial charge in [-0.3, -0.25) is 4.21 Å². The van der Waals surface area contributed by atoms with Gasteiger partial charge in [0.25, 0.3) is 0 Å². The van der Waals surface area contributed by atoms with Gasteiger partial charge >= 0.3 is 0 Å². The molecule has 1 rings (SSSR count). The molecule has 0 bridgehead atoms. The SMILES string of the molecule is CC(CCS(C)=O)Nc1ccc(C#N)c(Cl)c1. The predicted octanol–water partition coefficient (Wildman–Crippen LogP) is 2.78. The second-order valence-corrected chi connectivity index (χ2v) is 5.88. The summed E-state index contributed by atoms with van der Waals surface area (Å²) in [5, 5.41) is 12.5. The molecule has 0 fully saturated rings. The lowest BCUT2D eigenvalue weighted by atomic mass is 10.2. The van der Waals surface area contributed by atoms with Gasteiger partial charge in [0, 0.05) is 34.5 Å². The molecule has 17 heavy (non-hydrogen) atoms. The zero-order valence-electron chi connectivity index (χ0n) is 9.87. The lowest BCUT2D eigenvalue weighted by Gasteiger charge is -2.14. The summed E-state index contributed by atoms with van der Waals surface area (Å²) in [5.41, 5.74) is 1.35. The van der Waals surface area contributed by atoms with Crippen molar-refractivity contribution in [1.82, 2.24) is 0 Å². The lowest BCUT2D eigenvalue weighted by Crippen LogP contribution is -2.17. The van der Waals surface area contributed by atoms with Crippen molar-refractivity contribution >= 4 is 28.1 Å². The number of benzene rings is 1. The van der Waals surface area contributed by atoms with Crippen LogP contribution in [0.1, 0.15) is 18.9 Å². The van der Waals surface area contributed by atoms with E-state index in [1.54, 1.807) is 18.4 Å². The lowest BCUT2D eigenvalue weighted by molar-refractivity contribution is 0.678. The van der Waals surface area contributed by atoms with Crippen molar-refractivity contribution in [2.24, 2.45) is 0 Å². The zero-order chi connectivity index (χ0) is 12.8. The Morgan fingerprint density at radius 1 is 1.59 bits per heavy atom. The number of nitriles is 1. The molecule has 5 heteroatoms. The summed E-state index contributed by atoms with van der Waals surface area (Å²) in [4.78, 5) is 0. The maximum Gasteiger partial charge on any atom is 0.101 e. The Hall–Kier alpha value is -1.05. The van der Waals surface area contributed by atoms with Gasteiger partial charge in [-0.15, -0.1) is 0 Å². The Kier molecular flexibility index (Phi) is 5.46. The Bertz CT molecular complexity index is 456. The Balaban J connectivity index is 2.60. The van der Waals surface area contributed by atoms with E-state index in [1.807, 2.05) is 19.1 Å². The molecule has 2 atom stereocenters. The number of nitrogens with one attached hydrogen (secondary N) is 1. The van der Waals surface area contributed by atoms with E-state index in [2.05, 4.69) is 5.32 Å². The number of nitrogens with zero attached hydrogens (tertiary/aromatic N) is 1. The highest BCUT2D eigenvalue weighted by atomic mass is 35.5. The number of rotatable bonds is 5. The fraction of sp³-hybridized carbons (Fsp3) is 0.417. The van der Waals surface area contributed by atoms with Crippen LogP contribution in [0.2, 0.25) is 5.02 Å². The van der Waals surface area contributed by atoms with Gasteiger partial charge in [0.05, 0.1) is 10.6 Å². The summed E-state index contributed by atoms with van der Waals surface area (Å²) < 4.78 is 11.0. The third kappa shape index (κ3) is 4.76. The van der Waals surface area contributed by atoms with Crippen LogP contribution in [0.4, 0.5) is 5.69 Å². The molecule has 1 N–H and O–H groups in total. The highest BCUT2D eigenvalue weighted by molar-refractivity contribution is 7.84. The summed E-state index contributed by atoms with van der Waals surface area (Å²) in [5.74, 6) is 0.679. The molecule has 2 unspecified atom stereocenters. The molecule has 0 saturated carbocycles. The molecule has 0 heterocycles. The van der Waals surface area contributed by atoms with Crippen molar-refractivity contribution in [3.05, 3.63) is 28.8 Å². The van der Waals surface area contributed by atoms with Crippen LogP contribution in [0.15, 0.2) is 18.2 Å². The fourth-order valence-corrected chi connectivity index (χ4v) is 2.30. The molecular weight excluding hydrogens is 256 g/mol. The third-order valence-electron chi connectivity index (χ3n) is 2.34. The van der Waals surface area contributed by atoms with Crippen LogP contribution >= 0.6 is 11.6 Å². The largest absolute Gasteiger partial charge is 0.383 e. The van der Waals surface area contributed by atoms with Crippen molar-refractivity contribution in [2.45, 2.75) is 19.4 Å². The van der Waals surface area contributed by atoms with Gasteiger partial charge in [-0.25, -0.2) is 0 Å².